The van der Waals surface area contributed by atoms with Gasteiger partial charge < -0.3 is 24.9 Å². The van der Waals surface area contributed by atoms with Gasteiger partial charge in [0.05, 0.1) is 23.3 Å². The van der Waals surface area contributed by atoms with E-state index in [1.807, 2.05) is 25.1 Å². The smallest absolute Gasteiger partial charge is 0.269 e. The number of nitrogens with zero attached hydrogens (tertiary/aromatic N) is 2. The van der Waals surface area contributed by atoms with Crippen molar-refractivity contribution in [1.29, 1.82) is 0 Å². The second-order valence-electron chi connectivity index (χ2n) is 11.2. The number of amides is 2. The van der Waals surface area contributed by atoms with Crippen molar-refractivity contribution in [2.75, 3.05) is 16.8 Å². The van der Waals surface area contributed by atoms with E-state index < -0.39 is 30.9 Å². The average molecular weight is 576 g/mol. The minimum atomic E-state index is -2.88. The summed E-state index contributed by atoms with van der Waals surface area (Å²) in [7, 11) is -2.88. The molecule has 4 atom stereocenters. The van der Waals surface area contributed by atoms with E-state index >= 15 is 0 Å². The van der Waals surface area contributed by atoms with Gasteiger partial charge in [-0.25, -0.2) is 0 Å². The van der Waals surface area contributed by atoms with Gasteiger partial charge in [-0.05, 0) is 55.4 Å². The van der Waals surface area contributed by atoms with E-state index in [-0.39, 0.29) is 42.6 Å². The predicted molar refractivity (Wildman–Crippen MR) is 156 cm³/mol. The number of aliphatic hydroxyl groups is 1. The van der Waals surface area contributed by atoms with E-state index in [1.54, 1.807) is 60.5 Å². The molecule has 1 saturated heterocycles. The number of aliphatic hydroxyl groups excluding tert-OH is 1. The minimum Gasteiger partial charge on any atom is -0.432 e. The monoisotopic (exact) mass is 575 g/mol. The van der Waals surface area contributed by atoms with Gasteiger partial charge in [0.2, 0.25) is 0 Å². The fraction of sp³-hybridized carbons (Fsp3) is 0.333. The molecule has 214 valence electrons. The summed E-state index contributed by atoms with van der Waals surface area (Å²) in [6, 6.07) is 20.3. The van der Waals surface area contributed by atoms with Gasteiger partial charge in [0.15, 0.2) is 13.9 Å². The Morgan fingerprint density at radius 3 is 2.41 bits per heavy atom. The van der Waals surface area contributed by atoms with Crippen LogP contribution in [0.1, 0.15) is 34.8 Å². The molecule has 10 nitrogen and oxygen atoms in total. The molecule has 0 unspecified atom stereocenters. The third-order valence-corrected chi connectivity index (χ3v) is 10.7. The third-order valence-electron chi connectivity index (χ3n) is 8.18. The van der Waals surface area contributed by atoms with Crippen LogP contribution in [-0.2, 0) is 21.7 Å². The molecule has 5 rings (SSSR count). The van der Waals surface area contributed by atoms with E-state index in [1.165, 1.54) is 12.1 Å². The molecule has 11 heteroatoms. The molecule has 1 fully saturated rings. The van der Waals surface area contributed by atoms with Crippen LogP contribution in [-0.4, -0.2) is 47.7 Å². The first-order chi connectivity index (χ1) is 19.5. The second-order valence-corrected chi connectivity index (χ2v) is 15.2. The van der Waals surface area contributed by atoms with Gasteiger partial charge in [0.25, 0.3) is 17.5 Å². The van der Waals surface area contributed by atoms with E-state index in [9.17, 15) is 29.6 Å². The van der Waals surface area contributed by atoms with Gasteiger partial charge in [-0.1, -0.05) is 37.3 Å². The lowest BCUT2D eigenvalue weighted by Gasteiger charge is -2.32. The summed E-state index contributed by atoms with van der Waals surface area (Å²) in [5.74, 6) is -1.08. The number of benzene rings is 3. The second kappa shape index (κ2) is 10.8. The summed E-state index contributed by atoms with van der Waals surface area (Å²) >= 11 is 0. The zero-order chi connectivity index (χ0) is 29.5. The molecule has 0 radical (unpaired) electrons. The Hall–Kier alpha value is -3.90. The average Bonchev–Trinajstić information content (AvgIpc) is 3.36. The molecule has 2 amide bonds. The van der Waals surface area contributed by atoms with Crippen molar-refractivity contribution in [2.45, 2.75) is 50.2 Å². The standard InChI is InChI=1S/C30H33N3O7Si/c1-19-27(41(2,3)39)26(15-16-34)40-30(19)24-17-23(33(37)38)13-14-25(24)32(29(30)36)18-20-9-11-22(12-10-20)31-28(35)21-7-5-4-6-8-21/h4-14,17,19,26-27,34,39H,15-16,18H2,1-3H3,(H,31,35)/t19-,26+,27-,30+/m1/s1. The van der Waals surface area contributed by atoms with Crippen LogP contribution in [0.4, 0.5) is 17.1 Å². The molecular weight excluding hydrogens is 542 g/mol. The maximum absolute atomic E-state index is 14.3. The van der Waals surface area contributed by atoms with Crippen molar-refractivity contribution in [3.8, 4) is 0 Å². The van der Waals surface area contributed by atoms with Crippen molar-refractivity contribution in [3.05, 3.63) is 99.6 Å². The quantitative estimate of drug-likeness (QED) is 0.203. The number of nitro benzene ring substituents is 1. The lowest BCUT2D eigenvalue weighted by atomic mass is 9.82. The number of ether oxygens (including phenoxy) is 1. The van der Waals surface area contributed by atoms with Gasteiger partial charge in [0, 0.05) is 47.0 Å². The van der Waals surface area contributed by atoms with Gasteiger partial charge in [-0.15, -0.1) is 0 Å². The molecule has 0 bridgehead atoms. The first-order valence-electron chi connectivity index (χ1n) is 13.5. The highest BCUT2D eigenvalue weighted by atomic mass is 28.4. The summed E-state index contributed by atoms with van der Waals surface area (Å²) < 4.78 is 6.50. The normalized spacial score (nSPS) is 23.6. The van der Waals surface area contributed by atoms with Crippen molar-refractivity contribution in [2.24, 2.45) is 5.92 Å². The molecule has 41 heavy (non-hydrogen) atoms. The SMILES string of the molecule is C[C@@H]1[C@@H]([Si](C)(C)O)[C@H](CCO)O[C@@]12C(=O)N(Cc1ccc(NC(=O)c3ccccc3)cc1)c1ccc([N+](=O)[O-])cc12. The van der Waals surface area contributed by atoms with Crippen LogP contribution in [0.3, 0.4) is 0 Å². The van der Waals surface area contributed by atoms with Crippen LogP contribution in [0.5, 0.6) is 0 Å². The van der Waals surface area contributed by atoms with Crippen LogP contribution in [0.15, 0.2) is 72.8 Å². The molecule has 3 aromatic rings. The summed E-state index contributed by atoms with van der Waals surface area (Å²) in [6.07, 6.45) is -0.341. The molecule has 0 saturated carbocycles. The molecule has 1 spiro atoms. The first-order valence-corrected chi connectivity index (χ1v) is 16.6. The Kier molecular flexibility index (Phi) is 7.55. The number of hydrogen-bond acceptors (Lipinski definition) is 7. The molecule has 2 aliphatic heterocycles. The van der Waals surface area contributed by atoms with Crippen molar-refractivity contribution >= 4 is 37.2 Å². The van der Waals surface area contributed by atoms with E-state index in [4.69, 9.17) is 4.74 Å². The Labute approximate surface area is 238 Å². The topological polar surface area (TPSA) is 142 Å². The number of nitrogens with one attached hydrogen (secondary N) is 1. The lowest BCUT2D eigenvalue weighted by Crippen LogP contribution is -2.46. The molecule has 0 aliphatic carbocycles. The summed E-state index contributed by atoms with van der Waals surface area (Å²) in [6.45, 7) is 5.40. The van der Waals surface area contributed by atoms with Crippen LogP contribution in [0, 0.1) is 16.0 Å². The van der Waals surface area contributed by atoms with Crippen molar-refractivity contribution < 1.29 is 29.2 Å². The number of carbonyl (C=O) groups is 2. The van der Waals surface area contributed by atoms with Crippen molar-refractivity contribution in [1.82, 2.24) is 0 Å². The number of nitro groups is 1. The molecule has 3 N–H and O–H groups in total. The largest absolute Gasteiger partial charge is 0.432 e. The Bertz CT molecular complexity index is 1480. The van der Waals surface area contributed by atoms with E-state index in [2.05, 4.69) is 5.32 Å². The molecular formula is C30H33N3O7Si. The lowest BCUT2D eigenvalue weighted by molar-refractivity contribution is -0.385. The number of rotatable bonds is 8. The number of non-ortho nitro benzene ring substituents is 1. The molecule has 2 heterocycles. The highest BCUT2D eigenvalue weighted by Crippen LogP contribution is 2.60. The Balaban J connectivity index is 1.47. The van der Waals surface area contributed by atoms with Crippen LogP contribution >= 0.6 is 0 Å². The zero-order valence-corrected chi connectivity index (χ0v) is 24.1. The maximum Gasteiger partial charge on any atom is 0.269 e. The molecule has 0 aromatic heterocycles. The van der Waals surface area contributed by atoms with Gasteiger partial charge in [-0.2, -0.15) is 0 Å². The van der Waals surface area contributed by atoms with Gasteiger partial charge in [0.1, 0.15) is 0 Å². The Morgan fingerprint density at radius 1 is 1.12 bits per heavy atom. The first kappa shape index (κ1) is 28.6. The summed E-state index contributed by atoms with van der Waals surface area (Å²) in [4.78, 5) is 50.8. The molecule has 2 aliphatic rings. The maximum atomic E-state index is 14.3. The summed E-state index contributed by atoms with van der Waals surface area (Å²) in [5, 5.41) is 24.3. The van der Waals surface area contributed by atoms with Crippen LogP contribution < -0.4 is 10.2 Å². The highest BCUT2D eigenvalue weighted by Gasteiger charge is 2.66. The van der Waals surface area contributed by atoms with Gasteiger partial charge in [-0.3, -0.25) is 19.7 Å². The van der Waals surface area contributed by atoms with Gasteiger partial charge >= 0.3 is 0 Å². The summed E-state index contributed by atoms with van der Waals surface area (Å²) in [5.41, 5.74) is 0.765. The predicted octanol–water partition coefficient (Wildman–Crippen LogP) is 4.57. The number of carbonyl (C=O) groups excluding carboxylic acids is 2. The zero-order valence-electron chi connectivity index (χ0n) is 23.1. The number of anilines is 2. The number of hydrogen-bond donors (Lipinski definition) is 3. The highest BCUT2D eigenvalue weighted by molar-refractivity contribution is 6.71. The fourth-order valence-corrected chi connectivity index (χ4v) is 9.00. The van der Waals surface area contributed by atoms with Crippen molar-refractivity contribution in [3.63, 3.8) is 0 Å². The van der Waals surface area contributed by atoms with E-state index in [0.717, 1.165) is 5.56 Å². The fourth-order valence-electron chi connectivity index (χ4n) is 6.40. The van der Waals surface area contributed by atoms with Crippen LogP contribution in [0.25, 0.3) is 0 Å². The molecule has 3 aromatic carbocycles. The van der Waals surface area contributed by atoms with Crippen LogP contribution in [0.2, 0.25) is 18.6 Å². The van der Waals surface area contributed by atoms with E-state index in [0.29, 0.717) is 22.5 Å². The number of fused-ring (bicyclic) bond motifs is 2. The Morgan fingerprint density at radius 2 is 1.80 bits per heavy atom. The third kappa shape index (κ3) is 5.06. The minimum absolute atomic E-state index is 0.158.